The summed E-state index contributed by atoms with van der Waals surface area (Å²) in [5.74, 6) is 0.747. The van der Waals surface area contributed by atoms with Crippen molar-refractivity contribution in [3.63, 3.8) is 0 Å². The Kier molecular flexibility index (Phi) is 4.66. The van der Waals surface area contributed by atoms with E-state index >= 15 is 0 Å². The van der Waals surface area contributed by atoms with Crippen LogP contribution in [0.15, 0.2) is 29.2 Å². The third kappa shape index (κ3) is 3.55. The van der Waals surface area contributed by atoms with E-state index in [1.54, 1.807) is 24.3 Å². The molecule has 0 radical (unpaired) electrons. The van der Waals surface area contributed by atoms with E-state index in [1.807, 2.05) is 0 Å². The third-order valence-electron chi connectivity index (χ3n) is 2.96. The van der Waals surface area contributed by atoms with Crippen molar-refractivity contribution in [1.82, 2.24) is 20.4 Å². The standard InChI is InChI=1S/C12H11ClN6O2S2/c13-7-2-1-3-8(18-23(20)21)6(7)5-22-9-4-10(14)15-12-11(9)16-19-17-12/h1-4,18H,5H2,(H,20,21)(H3,14,15,16,17,19)/p-1. The smallest absolute Gasteiger partial charge is 0.204 e. The molecule has 2 aromatic heterocycles. The van der Waals surface area contributed by atoms with Crippen LogP contribution in [0.3, 0.4) is 0 Å². The zero-order valence-corrected chi connectivity index (χ0v) is 13.8. The molecule has 23 heavy (non-hydrogen) atoms. The predicted molar refractivity (Wildman–Crippen MR) is 89.7 cm³/mol. The molecular formula is C12H10ClN6O2S2-. The molecule has 0 saturated heterocycles. The molecule has 4 N–H and O–H groups in total. The number of aromatic nitrogens is 4. The molecule has 0 spiro atoms. The summed E-state index contributed by atoms with van der Waals surface area (Å²) in [5, 5.41) is 10.9. The van der Waals surface area contributed by atoms with Gasteiger partial charge in [0.05, 0.1) is 5.69 Å². The molecule has 0 saturated carbocycles. The highest BCUT2D eigenvalue weighted by Crippen LogP contribution is 2.34. The molecule has 1 aromatic carbocycles. The number of H-pyrrole nitrogens is 1. The van der Waals surface area contributed by atoms with Gasteiger partial charge < -0.3 is 15.0 Å². The van der Waals surface area contributed by atoms with Crippen molar-refractivity contribution in [3.05, 3.63) is 34.9 Å². The lowest BCUT2D eigenvalue weighted by molar-refractivity contribution is 0.542. The quantitative estimate of drug-likeness (QED) is 0.463. The predicted octanol–water partition coefficient (Wildman–Crippen LogP) is 2.09. The number of nitrogens with one attached hydrogen (secondary N) is 2. The number of pyridine rings is 1. The number of benzene rings is 1. The van der Waals surface area contributed by atoms with Crippen molar-refractivity contribution in [2.45, 2.75) is 10.6 Å². The van der Waals surface area contributed by atoms with Gasteiger partial charge in [0.25, 0.3) is 0 Å². The first-order chi connectivity index (χ1) is 11.0. The number of halogens is 1. The van der Waals surface area contributed by atoms with Gasteiger partial charge in [0.1, 0.15) is 11.3 Å². The van der Waals surface area contributed by atoms with Gasteiger partial charge in [-0.2, -0.15) is 10.3 Å². The van der Waals surface area contributed by atoms with Crippen LogP contribution in [0.5, 0.6) is 0 Å². The zero-order chi connectivity index (χ0) is 16.4. The second-order valence-corrected chi connectivity index (χ2v) is 6.53. The highest BCUT2D eigenvalue weighted by molar-refractivity contribution is 7.98. The van der Waals surface area contributed by atoms with Crippen molar-refractivity contribution in [2.24, 2.45) is 0 Å². The van der Waals surface area contributed by atoms with Crippen LogP contribution < -0.4 is 10.5 Å². The second kappa shape index (κ2) is 6.71. The summed E-state index contributed by atoms with van der Waals surface area (Å²) < 4.78 is 24.1. The van der Waals surface area contributed by atoms with Gasteiger partial charge in [0.2, 0.25) is 5.65 Å². The van der Waals surface area contributed by atoms with E-state index in [0.717, 1.165) is 4.90 Å². The number of nitrogens with two attached hydrogens (primary N) is 1. The average Bonchev–Trinajstić information content (AvgIpc) is 2.94. The summed E-state index contributed by atoms with van der Waals surface area (Å²) in [6, 6.07) is 6.70. The van der Waals surface area contributed by atoms with Gasteiger partial charge in [-0.25, -0.2) is 4.98 Å². The summed E-state index contributed by atoms with van der Waals surface area (Å²) in [7, 11) is 0. The highest BCUT2D eigenvalue weighted by Gasteiger charge is 2.12. The first-order valence-corrected chi connectivity index (χ1v) is 8.71. The molecular weight excluding hydrogens is 360 g/mol. The number of nitrogens with zero attached hydrogens (tertiary/aromatic N) is 3. The Morgan fingerprint density at radius 1 is 1.43 bits per heavy atom. The maximum Gasteiger partial charge on any atom is 0.204 e. The highest BCUT2D eigenvalue weighted by atomic mass is 35.5. The minimum atomic E-state index is -2.43. The fourth-order valence-corrected chi connectivity index (χ4v) is 3.76. The number of hydrogen-bond acceptors (Lipinski definition) is 7. The van der Waals surface area contributed by atoms with Crippen molar-refractivity contribution in [1.29, 1.82) is 0 Å². The van der Waals surface area contributed by atoms with Gasteiger partial charge in [-0.3, -0.25) is 4.21 Å². The van der Waals surface area contributed by atoms with E-state index in [4.69, 9.17) is 17.3 Å². The molecule has 0 fully saturated rings. The summed E-state index contributed by atoms with van der Waals surface area (Å²) in [6.45, 7) is 0. The first-order valence-electron chi connectivity index (χ1n) is 6.27. The Labute approximate surface area is 142 Å². The summed E-state index contributed by atoms with van der Waals surface area (Å²) in [6.07, 6.45) is 0. The number of aromatic amines is 1. The van der Waals surface area contributed by atoms with Gasteiger partial charge in [0.15, 0.2) is 0 Å². The molecule has 0 aliphatic rings. The Hall–Kier alpha value is -1.88. The lowest BCUT2D eigenvalue weighted by Crippen LogP contribution is -2.05. The Morgan fingerprint density at radius 3 is 3.04 bits per heavy atom. The van der Waals surface area contributed by atoms with Crippen LogP contribution in [0, 0.1) is 0 Å². The van der Waals surface area contributed by atoms with Crippen molar-refractivity contribution < 1.29 is 8.76 Å². The zero-order valence-electron chi connectivity index (χ0n) is 11.4. The maximum atomic E-state index is 10.9. The van der Waals surface area contributed by atoms with E-state index in [0.29, 0.717) is 39.0 Å². The minimum absolute atomic E-state index is 0.326. The van der Waals surface area contributed by atoms with Gasteiger partial charge in [-0.05, 0) is 18.2 Å². The molecule has 0 amide bonds. The third-order valence-corrected chi connectivity index (χ3v) is 4.76. The van der Waals surface area contributed by atoms with Crippen molar-refractivity contribution >= 4 is 57.3 Å². The molecule has 11 heteroatoms. The van der Waals surface area contributed by atoms with Crippen LogP contribution in [0.1, 0.15) is 5.56 Å². The van der Waals surface area contributed by atoms with Crippen LogP contribution in [-0.2, 0) is 17.0 Å². The van der Waals surface area contributed by atoms with Crippen molar-refractivity contribution in [3.8, 4) is 0 Å². The number of anilines is 2. The van der Waals surface area contributed by atoms with Gasteiger partial charge >= 0.3 is 0 Å². The summed E-state index contributed by atoms with van der Waals surface area (Å²) >= 11 is 5.16. The van der Waals surface area contributed by atoms with E-state index in [2.05, 4.69) is 25.1 Å². The summed E-state index contributed by atoms with van der Waals surface area (Å²) in [4.78, 5) is 4.84. The molecule has 0 aliphatic carbocycles. The fraction of sp³-hybridized carbons (Fsp3) is 0.0833. The second-order valence-electron chi connectivity index (χ2n) is 4.43. The van der Waals surface area contributed by atoms with Crippen LogP contribution in [0.4, 0.5) is 11.5 Å². The molecule has 3 rings (SSSR count). The molecule has 0 aliphatic heterocycles. The number of hydrogen-bond donors (Lipinski definition) is 3. The SMILES string of the molecule is Nc1cc(SCc2c(Cl)cccc2NS(=O)[O-])c2n[nH]nc2n1. The van der Waals surface area contributed by atoms with Crippen LogP contribution >= 0.6 is 23.4 Å². The van der Waals surface area contributed by atoms with E-state index < -0.39 is 11.3 Å². The number of thioether (sulfide) groups is 1. The van der Waals surface area contributed by atoms with Crippen LogP contribution in [0.2, 0.25) is 5.02 Å². The topological polar surface area (TPSA) is 133 Å². The largest absolute Gasteiger partial charge is 0.755 e. The molecule has 1 unspecified atom stereocenters. The lowest BCUT2D eigenvalue weighted by Gasteiger charge is -2.14. The Morgan fingerprint density at radius 2 is 2.26 bits per heavy atom. The van der Waals surface area contributed by atoms with Gasteiger partial charge in [-0.1, -0.05) is 17.7 Å². The molecule has 0 bridgehead atoms. The monoisotopic (exact) mass is 369 g/mol. The van der Waals surface area contributed by atoms with Crippen LogP contribution in [-0.4, -0.2) is 29.2 Å². The number of rotatable bonds is 5. The average molecular weight is 370 g/mol. The van der Waals surface area contributed by atoms with Crippen LogP contribution in [0.25, 0.3) is 11.2 Å². The number of nitrogen functional groups attached to an aromatic ring is 1. The lowest BCUT2D eigenvalue weighted by atomic mass is 10.2. The Bertz CT molecular complexity index is 887. The summed E-state index contributed by atoms with van der Waals surface area (Å²) in [5.41, 5.74) is 7.86. The van der Waals surface area contributed by atoms with Crippen molar-refractivity contribution in [2.75, 3.05) is 10.5 Å². The molecule has 3 aromatic rings. The fourth-order valence-electron chi connectivity index (χ4n) is 1.98. The van der Waals surface area contributed by atoms with Gasteiger partial charge in [-0.15, -0.1) is 16.9 Å². The van der Waals surface area contributed by atoms with E-state index in [1.165, 1.54) is 11.8 Å². The molecule has 8 nitrogen and oxygen atoms in total. The maximum absolute atomic E-state index is 10.9. The molecule has 120 valence electrons. The van der Waals surface area contributed by atoms with Gasteiger partial charge in [0, 0.05) is 32.5 Å². The van der Waals surface area contributed by atoms with E-state index in [-0.39, 0.29) is 0 Å². The molecule has 2 heterocycles. The minimum Gasteiger partial charge on any atom is -0.755 e. The Balaban J connectivity index is 1.91. The van der Waals surface area contributed by atoms with E-state index in [9.17, 15) is 8.76 Å². The molecule has 1 atom stereocenters. The first kappa shape index (κ1) is 16.0. The number of fused-ring (bicyclic) bond motifs is 1. The normalized spacial score (nSPS) is 12.4.